The molecule has 0 unspecified atom stereocenters. The molecular formula is C14H12ClNO4S. The van der Waals surface area contributed by atoms with E-state index in [1.165, 1.54) is 30.3 Å². The number of hydrogen-bond acceptors (Lipinski definition) is 3. The third-order valence-corrected chi connectivity index (χ3v) is 4.73. The third kappa shape index (κ3) is 3.34. The number of sulfonamides is 1. The highest BCUT2D eigenvalue weighted by atomic mass is 35.5. The molecule has 0 atom stereocenters. The molecule has 0 saturated carbocycles. The van der Waals surface area contributed by atoms with Crippen molar-refractivity contribution in [3.63, 3.8) is 0 Å². The van der Waals surface area contributed by atoms with Crippen LogP contribution in [-0.2, 0) is 10.0 Å². The number of aromatic carboxylic acids is 1. The van der Waals surface area contributed by atoms with Crippen molar-refractivity contribution >= 4 is 33.3 Å². The van der Waals surface area contributed by atoms with Crippen molar-refractivity contribution < 1.29 is 18.3 Å². The fourth-order valence-electron chi connectivity index (χ4n) is 1.79. The molecule has 0 aromatic heterocycles. The highest BCUT2D eigenvalue weighted by molar-refractivity contribution is 7.92. The maximum absolute atomic E-state index is 12.2. The Morgan fingerprint density at radius 2 is 1.86 bits per heavy atom. The molecule has 2 rings (SSSR count). The van der Waals surface area contributed by atoms with E-state index >= 15 is 0 Å². The molecule has 2 aromatic rings. The highest BCUT2D eigenvalue weighted by Crippen LogP contribution is 2.24. The van der Waals surface area contributed by atoms with Gasteiger partial charge in [0.25, 0.3) is 10.0 Å². The predicted molar refractivity (Wildman–Crippen MR) is 80.4 cm³/mol. The van der Waals surface area contributed by atoms with Gasteiger partial charge in [-0.05, 0) is 36.8 Å². The number of hydrogen-bond donors (Lipinski definition) is 2. The molecule has 7 heteroatoms. The molecule has 0 bridgehead atoms. The van der Waals surface area contributed by atoms with Crippen molar-refractivity contribution in [2.45, 2.75) is 11.8 Å². The van der Waals surface area contributed by atoms with Gasteiger partial charge in [0.15, 0.2) is 0 Å². The van der Waals surface area contributed by atoms with Crippen LogP contribution in [0.2, 0.25) is 5.02 Å². The smallest absolute Gasteiger partial charge is 0.336 e. The fraction of sp³-hybridized carbons (Fsp3) is 0.0714. The summed E-state index contributed by atoms with van der Waals surface area (Å²) in [6, 6.07) is 10.3. The quantitative estimate of drug-likeness (QED) is 0.904. The van der Waals surface area contributed by atoms with Gasteiger partial charge in [-0.25, -0.2) is 13.2 Å². The minimum Gasteiger partial charge on any atom is -0.478 e. The van der Waals surface area contributed by atoms with Gasteiger partial charge in [-0.15, -0.1) is 0 Å². The third-order valence-electron chi connectivity index (χ3n) is 2.85. The van der Waals surface area contributed by atoms with Crippen LogP contribution in [0, 0.1) is 6.92 Å². The van der Waals surface area contributed by atoms with Crippen LogP contribution in [0.3, 0.4) is 0 Å². The number of anilines is 1. The lowest BCUT2D eigenvalue weighted by molar-refractivity contribution is 0.0696. The van der Waals surface area contributed by atoms with E-state index in [0.29, 0.717) is 5.56 Å². The summed E-state index contributed by atoms with van der Waals surface area (Å²) in [6.45, 7) is 1.63. The Bertz CT molecular complexity index is 802. The summed E-state index contributed by atoms with van der Waals surface area (Å²) in [5.74, 6) is -1.12. The SMILES string of the molecule is Cc1ccc(NS(=O)(=O)c2ccccc2Cl)cc1C(=O)O. The van der Waals surface area contributed by atoms with Crippen molar-refractivity contribution in [3.05, 3.63) is 58.6 Å². The van der Waals surface area contributed by atoms with E-state index in [2.05, 4.69) is 4.72 Å². The van der Waals surface area contributed by atoms with E-state index in [-0.39, 0.29) is 21.2 Å². The van der Waals surface area contributed by atoms with Crippen LogP contribution >= 0.6 is 11.6 Å². The minimum absolute atomic E-state index is 0.0364. The topological polar surface area (TPSA) is 83.5 Å². The second-order valence-electron chi connectivity index (χ2n) is 4.37. The van der Waals surface area contributed by atoms with Crippen molar-refractivity contribution in [3.8, 4) is 0 Å². The van der Waals surface area contributed by atoms with Crippen molar-refractivity contribution in [1.29, 1.82) is 0 Å². The van der Waals surface area contributed by atoms with E-state index in [0.717, 1.165) is 0 Å². The summed E-state index contributed by atoms with van der Waals surface area (Å²) < 4.78 is 26.8. The van der Waals surface area contributed by atoms with Gasteiger partial charge in [0.2, 0.25) is 0 Å². The van der Waals surface area contributed by atoms with E-state index in [1.54, 1.807) is 19.1 Å². The Balaban J connectivity index is 2.40. The van der Waals surface area contributed by atoms with Crippen LogP contribution in [0.4, 0.5) is 5.69 Å². The number of benzene rings is 2. The molecule has 0 spiro atoms. The lowest BCUT2D eigenvalue weighted by atomic mass is 10.1. The molecule has 21 heavy (non-hydrogen) atoms. The van der Waals surface area contributed by atoms with E-state index < -0.39 is 16.0 Å². The molecular weight excluding hydrogens is 314 g/mol. The predicted octanol–water partition coefficient (Wildman–Crippen LogP) is 3.15. The Kier molecular flexibility index (Phi) is 4.20. The van der Waals surface area contributed by atoms with E-state index in [1.807, 2.05) is 0 Å². The largest absolute Gasteiger partial charge is 0.478 e. The molecule has 0 radical (unpaired) electrons. The summed E-state index contributed by atoms with van der Waals surface area (Å²) in [5, 5.41) is 9.14. The number of rotatable bonds is 4. The van der Waals surface area contributed by atoms with Gasteiger partial charge in [0.05, 0.1) is 10.6 Å². The summed E-state index contributed by atoms with van der Waals surface area (Å²) >= 11 is 5.87. The maximum atomic E-state index is 12.2. The molecule has 0 heterocycles. The molecule has 0 aliphatic heterocycles. The van der Waals surface area contributed by atoms with Gasteiger partial charge in [-0.3, -0.25) is 4.72 Å². The number of halogens is 1. The number of carbonyl (C=O) groups is 1. The van der Waals surface area contributed by atoms with E-state index in [4.69, 9.17) is 16.7 Å². The fourth-order valence-corrected chi connectivity index (χ4v) is 3.36. The van der Waals surface area contributed by atoms with Crippen LogP contribution in [-0.4, -0.2) is 19.5 Å². The molecule has 5 nitrogen and oxygen atoms in total. The van der Waals surface area contributed by atoms with E-state index in [9.17, 15) is 13.2 Å². The first kappa shape index (κ1) is 15.3. The van der Waals surface area contributed by atoms with Crippen molar-refractivity contribution in [1.82, 2.24) is 0 Å². The number of aryl methyl sites for hydroxylation is 1. The molecule has 0 aliphatic rings. The second-order valence-corrected chi connectivity index (χ2v) is 6.43. The summed E-state index contributed by atoms with van der Waals surface area (Å²) in [4.78, 5) is 11.0. The molecule has 0 amide bonds. The Labute approximate surface area is 127 Å². The molecule has 2 N–H and O–H groups in total. The minimum atomic E-state index is -3.87. The highest BCUT2D eigenvalue weighted by Gasteiger charge is 2.18. The van der Waals surface area contributed by atoms with Gasteiger partial charge in [-0.1, -0.05) is 29.8 Å². The van der Waals surface area contributed by atoms with Gasteiger partial charge in [-0.2, -0.15) is 0 Å². The molecule has 0 aliphatic carbocycles. The van der Waals surface area contributed by atoms with Crippen LogP contribution in [0.15, 0.2) is 47.4 Å². The zero-order valence-corrected chi connectivity index (χ0v) is 12.6. The normalized spacial score (nSPS) is 11.1. The second kappa shape index (κ2) is 5.75. The summed E-state index contributed by atoms with van der Waals surface area (Å²) in [7, 11) is -3.87. The van der Waals surface area contributed by atoms with Gasteiger partial charge < -0.3 is 5.11 Å². The monoisotopic (exact) mass is 325 g/mol. The molecule has 0 saturated heterocycles. The Morgan fingerprint density at radius 3 is 2.48 bits per heavy atom. The van der Waals surface area contributed by atoms with Gasteiger partial charge in [0, 0.05) is 5.69 Å². The summed E-state index contributed by atoms with van der Waals surface area (Å²) in [5.41, 5.74) is 0.746. The van der Waals surface area contributed by atoms with Crippen LogP contribution in [0.5, 0.6) is 0 Å². The first-order valence-corrected chi connectivity index (χ1v) is 7.78. The lowest BCUT2D eigenvalue weighted by Gasteiger charge is -2.10. The van der Waals surface area contributed by atoms with Gasteiger partial charge >= 0.3 is 5.97 Å². The van der Waals surface area contributed by atoms with Crippen molar-refractivity contribution in [2.24, 2.45) is 0 Å². The zero-order chi connectivity index (χ0) is 15.6. The molecule has 2 aromatic carbocycles. The van der Waals surface area contributed by atoms with Crippen molar-refractivity contribution in [2.75, 3.05) is 4.72 Å². The first-order valence-electron chi connectivity index (χ1n) is 5.92. The Hall–Kier alpha value is -2.05. The van der Waals surface area contributed by atoms with Crippen LogP contribution < -0.4 is 4.72 Å². The zero-order valence-electron chi connectivity index (χ0n) is 11.0. The standard InChI is InChI=1S/C14H12ClNO4S/c1-9-6-7-10(8-11(9)14(17)18)16-21(19,20)13-5-3-2-4-12(13)15/h2-8,16H,1H3,(H,17,18). The maximum Gasteiger partial charge on any atom is 0.336 e. The first-order chi connectivity index (χ1) is 9.81. The molecule has 0 fully saturated rings. The average Bonchev–Trinajstić information content (AvgIpc) is 2.40. The Morgan fingerprint density at radius 1 is 1.19 bits per heavy atom. The van der Waals surface area contributed by atoms with Crippen LogP contribution in [0.1, 0.15) is 15.9 Å². The van der Waals surface area contributed by atoms with Crippen LogP contribution in [0.25, 0.3) is 0 Å². The van der Waals surface area contributed by atoms with Gasteiger partial charge in [0.1, 0.15) is 4.90 Å². The number of nitrogens with one attached hydrogen (secondary N) is 1. The number of carboxylic acid groups (broad SMARTS) is 1. The summed E-state index contributed by atoms with van der Waals surface area (Å²) in [6.07, 6.45) is 0. The molecule has 110 valence electrons. The number of carboxylic acids is 1. The lowest BCUT2D eigenvalue weighted by Crippen LogP contribution is -2.14. The average molecular weight is 326 g/mol.